The number of nitrogens with one attached hydrogen (secondary N) is 1. The third-order valence-electron chi connectivity index (χ3n) is 3.57. The summed E-state index contributed by atoms with van der Waals surface area (Å²) in [4.78, 5) is 14.1. The molecule has 1 aliphatic rings. The van der Waals surface area contributed by atoms with Crippen LogP contribution in [-0.2, 0) is 13.0 Å². The molecule has 2 aromatic carbocycles. The highest BCUT2D eigenvalue weighted by atomic mass is 79.9. The second-order valence-electron chi connectivity index (χ2n) is 4.99. The molecule has 108 valence electrons. The van der Waals surface area contributed by atoms with Gasteiger partial charge in [-0.05, 0) is 41.8 Å². The van der Waals surface area contributed by atoms with Crippen LogP contribution in [0.15, 0.2) is 46.9 Å². The molecule has 21 heavy (non-hydrogen) atoms. The molecule has 3 nitrogen and oxygen atoms in total. The first kappa shape index (κ1) is 14.4. The van der Waals surface area contributed by atoms with Crippen molar-refractivity contribution in [3.05, 3.63) is 63.1 Å². The fraction of sp³-hybridized carbons (Fsp3) is 0.188. The topological polar surface area (TPSA) is 32.3 Å². The number of urea groups is 1. The van der Waals surface area contributed by atoms with Crippen LogP contribution in [0, 0.1) is 0 Å². The molecule has 0 unspecified atom stereocenters. The van der Waals surface area contributed by atoms with Crippen molar-refractivity contribution >= 4 is 39.2 Å². The van der Waals surface area contributed by atoms with Crippen LogP contribution in [0.25, 0.3) is 0 Å². The SMILES string of the molecule is O=C(Nc1cccc(Cl)c1)N1CCc2c(Br)cccc2C1. The van der Waals surface area contributed by atoms with Crippen LogP contribution in [0.3, 0.4) is 0 Å². The fourth-order valence-corrected chi connectivity index (χ4v) is 3.30. The van der Waals surface area contributed by atoms with Crippen LogP contribution in [0.4, 0.5) is 10.5 Å². The smallest absolute Gasteiger partial charge is 0.320 e. The lowest BCUT2D eigenvalue weighted by atomic mass is 10.0. The van der Waals surface area contributed by atoms with Crippen molar-refractivity contribution in [3.63, 3.8) is 0 Å². The molecule has 0 bridgehead atoms. The van der Waals surface area contributed by atoms with Crippen LogP contribution in [0.5, 0.6) is 0 Å². The molecule has 2 amide bonds. The van der Waals surface area contributed by atoms with E-state index >= 15 is 0 Å². The van der Waals surface area contributed by atoms with E-state index in [1.807, 2.05) is 29.2 Å². The molecule has 1 N–H and O–H groups in total. The highest BCUT2D eigenvalue weighted by Crippen LogP contribution is 2.26. The molecular formula is C16H14BrClN2O. The van der Waals surface area contributed by atoms with Gasteiger partial charge >= 0.3 is 6.03 Å². The normalized spacial score (nSPS) is 13.7. The molecule has 0 aromatic heterocycles. The van der Waals surface area contributed by atoms with Gasteiger partial charge in [0, 0.05) is 28.3 Å². The van der Waals surface area contributed by atoms with Gasteiger partial charge in [0.1, 0.15) is 0 Å². The van der Waals surface area contributed by atoms with Crippen molar-refractivity contribution in [3.8, 4) is 0 Å². The van der Waals surface area contributed by atoms with Gasteiger partial charge in [0.05, 0.1) is 0 Å². The Morgan fingerprint density at radius 1 is 1.24 bits per heavy atom. The maximum atomic E-state index is 12.3. The van der Waals surface area contributed by atoms with E-state index in [0.29, 0.717) is 23.8 Å². The predicted octanol–water partition coefficient (Wildman–Crippen LogP) is 4.69. The van der Waals surface area contributed by atoms with Gasteiger partial charge in [0.25, 0.3) is 0 Å². The second kappa shape index (κ2) is 6.08. The lowest BCUT2D eigenvalue weighted by molar-refractivity contribution is 0.206. The summed E-state index contributed by atoms with van der Waals surface area (Å²) in [7, 11) is 0. The largest absolute Gasteiger partial charge is 0.322 e. The molecule has 0 saturated carbocycles. The van der Waals surface area contributed by atoms with E-state index in [1.54, 1.807) is 12.1 Å². The number of fused-ring (bicyclic) bond motifs is 1. The Hall–Kier alpha value is -1.52. The third-order valence-corrected chi connectivity index (χ3v) is 4.55. The molecule has 0 atom stereocenters. The Bertz CT molecular complexity index is 690. The summed E-state index contributed by atoms with van der Waals surface area (Å²) >= 11 is 9.50. The monoisotopic (exact) mass is 364 g/mol. The van der Waals surface area contributed by atoms with E-state index in [2.05, 4.69) is 27.3 Å². The van der Waals surface area contributed by atoms with Gasteiger partial charge in [-0.1, -0.05) is 45.7 Å². The zero-order chi connectivity index (χ0) is 14.8. The Kier molecular flexibility index (Phi) is 4.17. The maximum Gasteiger partial charge on any atom is 0.322 e. The van der Waals surface area contributed by atoms with E-state index in [-0.39, 0.29) is 6.03 Å². The molecule has 3 rings (SSSR count). The summed E-state index contributed by atoms with van der Waals surface area (Å²) < 4.78 is 1.12. The van der Waals surface area contributed by atoms with Gasteiger partial charge < -0.3 is 10.2 Å². The lowest BCUT2D eigenvalue weighted by Gasteiger charge is -2.29. The van der Waals surface area contributed by atoms with Gasteiger partial charge in [-0.15, -0.1) is 0 Å². The van der Waals surface area contributed by atoms with E-state index < -0.39 is 0 Å². The van der Waals surface area contributed by atoms with Gasteiger partial charge in [-0.2, -0.15) is 0 Å². The minimum atomic E-state index is -0.0945. The summed E-state index contributed by atoms with van der Waals surface area (Å²) in [5, 5.41) is 3.50. The molecule has 1 aliphatic heterocycles. The number of carbonyl (C=O) groups excluding carboxylic acids is 1. The number of nitrogens with zero attached hydrogens (tertiary/aromatic N) is 1. The molecule has 0 saturated heterocycles. The van der Waals surface area contributed by atoms with E-state index in [1.165, 1.54) is 11.1 Å². The molecule has 0 radical (unpaired) electrons. The predicted molar refractivity (Wildman–Crippen MR) is 88.7 cm³/mol. The zero-order valence-corrected chi connectivity index (χ0v) is 13.6. The minimum Gasteiger partial charge on any atom is -0.320 e. The number of anilines is 1. The highest BCUT2D eigenvalue weighted by molar-refractivity contribution is 9.10. The second-order valence-corrected chi connectivity index (χ2v) is 6.28. The summed E-state index contributed by atoms with van der Waals surface area (Å²) in [5.74, 6) is 0. The minimum absolute atomic E-state index is 0.0945. The van der Waals surface area contributed by atoms with E-state index in [0.717, 1.165) is 10.9 Å². The number of hydrogen-bond acceptors (Lipinski definition) is 1. The molecular weight excluding hydrogens is 352 g/mol. The van der Waals surface area contributed by atoms with Gasteiger partial charge in [0.2, 0.25) is 0 Å². The quantitative estimate of drug-likeness (QED) is 0.781. The summed E-state index contributed by atoms with van der Waals surface area (Å²) in [6.45, 7) is 1.34. The Morgan fingerprint density at radius 3 is 2.86 bits per heavy atom. The van der Waals surface area contributed by atoms with Crippen molar-refractivity contribution in [1.82, 2.24) is 4.90 Å². The Labute approximate surface area is 137 Å². The average molecular weight is 366 g/mol. The number of benzene rings is 2. The van der Waals surface area contributed by atoms with Crippen LogP contribution >= 0.6 is 27.5 Å². The van der Waals surface area contributed by atoms with E-state index in [4.69, 9.17) is 11.6 Å². The number of carbonyl (C=O) groups is 1. The molecule has 5 heteroatoms. The van der Waals surface area contributed by atoms with Crippen molar-refractivity contribution < 1.29 is 4.79 Å². The van der Waals surface area contributed by atoms with Crippen molar-refractivity contribution in [2.45, 2.75) is 13.0 Å². The van der Waals surface area contributed by atoms with Crippen LogP contribution in [0.1, 0.15) is 11.1 Å². The van der Waals surface area contributed by atoms with Gasteiger partial charge in [-0.3, -0.25) is 0 Å². The van der Waals surface area contributed by atoms with Crippen LogP contribution in [0.2, 0.25) is 5.02 Å². The van der Waals surface area contributed by atoms with Crippen LogP contribution < -0.4 is 5.32 Å². The fourth-order valence-electron chi connectivity index (χ4n) is 2.50. The van der Waals surface area contributed by atoms with Crippen LogP contribution in [-0.4, -0.2) is 17.5 Å². The average Bonchev–Trinajstić information content (AvgIpc) is 2.47. The number of hydrogen-bond donors (Lipinski definition) is 1. The zero-order valence-electron chi connectivity index (χ0n) is 11.3. The summed E-state index contributed by atoms with van der Waals surface area (Å²) in [6.07, 6.45) is 0.861. The third kappa shape index (κ3) is 3.22. The molecule has 1 heterocycles. The lowest BCUT2D eigenvalue weighted by Crippen LogP contribution is -2.38. The first-order valence-corrected chi connectivity index (χ1v) is 7.88. The molecule has 2 aromatic rings. The Morgan fingerprint density at radius 2 is 2.05 bits per heavy atom. The summed E-state index contributed by atoms with van der Waals surface area (Å²) in [5.41, 5.74) is 3.20. The first-order chi connectivity index (χ1) is 10.1. The number of rotatable bonds is 1. The highest BCUT2D eigenvalue weighted by Gasteiger charge is 2.21. The Balaban J connectivity index is 1.72. The van der Waals surface area contributed by atoms with Gasteiger partial charge in [-0.25, -0.2) is 4.79 Å². The number of halogens is 2. The number of amides is 2. The van der Waals surface area contributed by atoms with Crippen molar-refractivity contribution in [2.75, 3.05) is 11.9 Å². The van der Waals surface area contributed by atoms with Crippen molar-refractivity contribution in [2.24, 2.45) is 0 Å². The molecule has 0 aliphatic carbocycles. The standard InChI is InChI=1S/C16H14BrClN2O/c17-15-6-1-3-11-10-20(8-7-14(11)15)16(21)19-13-5-2-4-12(18)9-13/h1-6,9H,7-8,10H2,(H,19,21). The summed E-state index contributed by atoms with van der Waals surface area (Å²) in [6, 6.07) is 13.2. The maximum absolute atomic E-state index is 12.3. The van der Waals surface area contributed by atoms with Crippen molar-refractivity contribution in [1.29, 1.82) is 0 Å². The molecule has 0 fully saturated rings. The molecule has 0 spiro atoms. The first-order valence-electron chi connectivity index (χ1n) is 6.71. The van der Waals surface area contributed by atoms with Gasteiger partial charge in [0.15, 0.2) is 0 Å². The van der Waals surface area contributed by atoms with E-state index in [9.17, 15) is 4.79 Å².